The number of carbonyl (C=O) groups excluding carboxylic acids is 2. The minimum absolute atomic E-state index is 0.00984. The van der Waals surface area contributed by atoms with Gasteiger partial charge in [-0.05, 0) is 19.3 Å². The van der Waals surface area contributed by atoms with Crippen LogP contribution >= 0.6 is 0 Å². The minimum atomic E-state index is -0.887. The number of carbonyl (C=O) groups is 3. The lowest BCUT2D eigenvalue weighted by atomic mass is 9.76. The van der Waals surface area contributed by atoms with Crippen molar-refractivity contribution < 1.29 is 19.5 Å². The summed E-state index contributed by atoms with van der Waals surface area (Å²) in [6.45, 7) is 6.53. The van der Waals surface area contributed by atoms with Gasteiger partial charge in [-0.15, -0.1) is 0 Å². The third-order valence-corrected chi connectivity index (χ3v) is 4.37. The lowest BCUT2D eigenvalue weighted by molar-refractivity contribution is -0.150. The Kier molecular flexibility index (Phi) is 5.57. The van der Waals surface area contributed by atoms with Crippen LogP contribution in [0.1, 0.15) is 27.2 Å². The summed E-state index contributed by atoms with van der Waals surface area (Å²) in [5.74, 6) is -1.15. The number of carboxylic acids is 1. The van der Waals surface area contributed by atoms with Crippen molar-refractivity contribution in [3.8, 4) is 0 Å². The molecule has 120 valence electrons. The molecule has 1 aliphatic heterocycles. The third-order valence-electron chi connectivity index (χ3n) is 4.37. The van der Waals surface area contributed by atoms with E-state index < -0.39 is 11.4 Å². The number of rotatable bonds is 5. The van der Waals surface area contributed by atoms with Crippen LogP contribution in [0.5, 0.6) is 0 Å². The maximum Gasteiger partial charge on any atom is 0.320 e. The predicted molar refractivity (Wildman–Crippen MR) is 77.8 cm³/mol. The van der Waals surface area contributed by atoms with Crippen LogP contribution in [0, 0.1) is 11.3 Å². The van der Waals surface area contributed by atoms with Gasteiger partial charge in [0.15, 0.2) is 0 Å². The fourth-order valence-electron chi connectivity index (χ4n) is 2.66. The van der Waals surface area contributed by atoms with Crippen LogP contribution < -0.4 is 5.32 Å². The molecule has 0 spiro atoms. The van der Waals surface area contributed by atoms with Crippen LogP contribution in [0.25, 0.3) is 0 Å². The van der Waals surface area contributed by atoms with E-state index in [9.17, 15) is 19.5 Å². The number of amides is 3. The average Bonchev–Trinajstić information content (AvgIpc) is 2.90. The van der Waals surface area contributed by atoms with E-state index in [2.05, 4.69) is 5.32 Å². The van der Waals surface area contributed by atoms with E-state index >= 15 is 0 Å². The van der Waals surface area contributed by atoms with Crippen LogP contribution in [-0.4, -0.2) is 66.0 Å². The van der Waals surface area contributed by atoms with Crippen LogP contribution in [0.4, 0.5) is 4.79 Å². The Morgan fingerprint density at radius 3 is 2.38 bits per heavy atom. The summed E-state index contributed by atoms with van der Waals surface area (Å²) >= 11 is 0. The van der Waals surface area contributed by atoms with Gasteiger partial charge < -0.3 is 20.2 Å². The molecule has 1 heterocycles. The minimum Gasteiger partial charge on any atom is -0.481 e. The molecular weight excluding hydrogens is 274 g/mol. The van der Waals surface area contributed by atoms with Gasteiger partial charge >= 0.3 is 12.0 Å². The Labute approximate surface area is 125 Å². The molecule has 1 aliphatic rings. The molecule has 1 unspecified atom stereocenters. The van der Waals surface area contributed by atoms with Crippen LogP contribution in [0.3, 0.4) is 0 Å². The third kappa shape index (κ3) is 3.46. The first-order valence-electron chi connectivity index (χ1n) is 7.26. The molecule has 0 aromatic heterocycles. The Bertz CT molecular complexity index is 424. The van der Waals surface area contributed by atoms with Crippen molar-refractivity contribution in [2.75, 3.05) is 33.2 Å². The first-order chi connectivity index (χ1) is 9.78. The van der Waals surface area contributed by atoms with Crippen molar-refractivity contribution in [2.24, 2.45) is 11.3 Å². The van der Waals surface area contributed by atoms with Gasteiger partial charge in [0, 0.05) is 26.7 Å². The molecule has 0 aromatic carbocycles. The smallest absolute Gasteiger partial charge is 0.320 e. The highest BCUT2D eigenvalue weighted by Crippen LogP contribution is 2.38. The number of likely N-dealkylation sites (N-methyl/N-ethyl adjacent to an activating group) is 2. The molecule has 0 bridgehead atoms. The molecule has 0 saturated carbocycles. The SMILES string of the molecule is CCN(CC(=O)NC)C(=O)N1CCC(C(=O)O)(C(C)C)C1. The van der Waals surface area contributed by atoms with Crippen molar-refractivity contribution in [3.63, 3.8) is 0 Å². The van der Waals surface area contributed by atoms with Gasteiger partial charge in [-0.3, -0.25) is 9.59 Å². The topological polar surface area (TPSA) is 90.0 Å². The zero-order valence-corrected chi connectivity index (χ0v) is 13.2. The Hall–Kier alpha value is -1.79. The highest BCUT2D eigenvalue weighted by atomic mass is 16.4. The van der Waals surface area contributed by atoms with Crippen LogP contribution in [0.2, 0.25) is 0 Å². The average molecular weight is 299 g/mol. The first kappa shape index (κ1) is 17.3. The van der Waals surface area contributed by atoms with E-state index in [-0.39, 0.29) is 30.9 Å². The van der Waals surface area contributed by atoms with Crippen LogP contribution in [-0.2, 0) is 9.59 Å². The highest BCUT2D eigenvalue weighted by molar-refractivity contribution is 5.85. The zero-order chi connectivity index (χ0) is 16.2. The van der Waals surface area contributed by atoms with Gasteiger partial charge in [-0.2, -0.15) is 0 Å². The second kappa shape index (κ2) is 6.78. The summed E-state index contributed by atoms with van der Waals surface area (Å²) < 4.78 is 0. The Balaban J connectivity index is 2.81. The quantitative estimate of drug-likeness (QED) is 0.778. The van der Waals surface area contributed by atoms with E-state index in [1.165, 1.54) is 11.9 Å². The van der Waals surface area contributed by atoms with Crippen LogP contribution in [0.15, 0.2) is 0 Å². The van der Waals surface area contributed by atoms with Crippen molar-refractivity contribution in [1.82, 2.24) is 15.1 Å². The maximum atomic E-state index is 12.4. The molecule has 21 heavy (non-hydrogen) atoms. The lowest BCUT2D eigenvalue weighted by Gasteiger charge is -2.30. The van der Waals surface area contributed by atoms with Gasteiger partial charge in [-0.25, -0.2) is 4.79 Å². The fourth-order valence-corrected chi connectivity index (χ4v) is 2.66. The summed E-state index contributed by atoms with van der Waals surface area (Å²) in [7, 11) is 1.52. The molecule has 7 heteroatoms. The van der Waals surface area contributed by atoms with Gasteiger partial charge in [0.2, 0.25) is 5.91 Å². The molecule has 0 aromatic rings. The summed E-state index contributed by atoms with van der Waals surface area (Å²) in [5.41, 5.74) is -0.887. The molecule has 7 nitrogen and oxygen atoms in total. The number of aliphatic carboxylic acids is 1. The zero-order valence-electron chi connectivity index (χ0n) is 13.2. The second-order valence-electron chi connectivity index (χ2n) is 5.76. The van der Waals surface area contributed by atoms with Gasteiger partial charge in [-0.1, -0.05) is 13.8 Å². The maximum absolute atomic E-state index is 12.4. The van der Waals surface area contributed by atoms with Gasteiger partial charge in [0.05, 0.1) is 5.41 Å². The highest BCUT2D eigenvalue weighted by Gasteiger charge is 2.49. The number of urea groups is 1. The lowest BCUT2D eigenvalue weighted by Crippen LogP contribution is -2.48. The molecule has 0 aliphatic carbocycles. The summed E-state index contributed by atoms with van der Waals surface area (Å²) in [6, 6.07) is -0.273. The van der Waals surface area contributed by atoms with E-state index in [0.29, 0.717) is 19.5 Å². The first-order valence-corrected chi connectivity index (χ1v) is 7.26. The molecule has 1 rings (SSSR count). The van der Waals surface area contributed by atoms with E-state index in [1.807, 2.05) is 13.8 Å². The molecule has 3 amide bonds. The predicted octanol–water partition coefficient (Wildman–Crippen LogP) is 0.607. The number of hydrogen-bond acceptors (Lipinski definition) is 3. The van der Waals surface area contributed by atoms with E-state index in [4.69, 9.17) is 0 Å². The second-order valence-corrected chi connectivity index (χ2v) is 5.76. The number of carboxylic acid groups (broad SMARTS) is 1. The van der Waals surface area contributed by atoms with E-state index in [0.717, 1.165) is 0 Å². The summed E-state index contributed by atoms with van der Waals surface area (Å²) in [5, 5.41) is 12.0. The molecule has 0 radical (unpaired) electrons. The standard InChI is InChI=1S/C14H25N3O4/c1-5-16(8-11(18)15-4)13(21)17-7-6-14(9-17,10(2)3)12(19)20/h10H,5-9H2,1-4H3,(H,15,18)(H,19,20). The van der Waals surface area contributed by atoms with Crippen molar-refractivity contribution in [1.29, 1.82) is 0 Å². The van der Waals surface area contributed by atoms with Crippen molar-refractivity contribution in [2.45, 2.75) is 27.2 Å². The molecule has 1 saturated heterocycles. The fraction of sp³-hybridized carbons (Fsp3) is 0.786. The molecular formula is C14H25N3O4. The number of hydrogen-bond donors (Lipinski definition) is 2. The summed E-state index contributed by atoms with van der Waals surface area (Å²) in [6.07, 6.45) is 0.448. The molecule has 1 fully saturated rings. The Morgan fingerprint density at radius 1 is 1.38 bits per heavy atom. The summed E-state index contributed by atoms with van der Waals surface area (Å²) in [4.78, 5) is 38.4. The number of likely N-dealkylation sites (tertiary alicyclic amines) is 1. The molecule has 1 atom stereocenters. The number of nitrogens with zero attached hydrogens (tertiary/aromatic N) is 2. The monoisotopic (exact) mass is 299 g/mol. The van der Waals surface area contributed by atoms with Gasteiger partial charge in [0.25, 0.3) is 0 Å². The normalized spacial score (nSPS) is 21.5. The van der Waals surface area contributed by atoms with E-state index in [1.54, 1.807) is 11.8 Å². The largest absolute Gasteiger partial charge is 0.481 e. The molecule has 2 N–H and O–H groups in total. The number of nitrogens with one attached hydrogen (secondary N) is 1. The van der Waals surface area contributed by atoms with Gasteiger partial charge in [0.1, 0.15) is 6.54 Å². The Morgan fingerprint density at radius 2 is 2.00 bits per heavy atom. The van der Waals surface area contributed by atoms with Crippen molar-refractivity contribution >= 4 is 17.9 Å². The van der Waals surface area contributed by atoms with Crippen molar-refractivity contribution in [3.05, 3.63) is 0 Å².